The first-order chi connectivity index (χ1) is 12.1. The number of para-hydroxylation sites is 1. The molecule has 0 spiro atoms. The van der Waals surface area contributed by atoms with E-state index in [4.69, 9.17) is 10.00 Å². The summed E-state index contributed by atoms with van der Waals surface area (Å²) in [6.45, 7) is 2.01. The highest BCUT2D eigenvalue weighted by Crippen LogP contribution is 2.18. The first kappa shape index (κ1) is 18.6. The highest BCUT2D eigenvalue weighted by Gasteiger charge is 2.13. The number of rotatable bonds is 7. The SMILES string of the molecule is CCOC(=O)c1ccccc1NC(=O)CSCc1ccc(C#N)cc1. The predicted octanol–water partition coefficient (Wildman–Crippen LogP) is 3.61. The monoisotopic (exact) mass is 354 g/mol. The lowest BCUT2D eigenvalue weighted by Crippen LogP contribution is -2.17. The topological polar surface area (TPSA) is 79.2 Å². The first-order valence-corrected chi connectivity index (χ1v) is 8.92. The van der Waals surface area contributed by atoms with Crippen LogP contribution in [-0.2, 0) is 15.3 Å². The van der Waals surface area contributed by atoms with Crippen molar-refractivity contribution in [3.63, 3.8) is 0 Å². The number of nitrogens with one attached hydrogen (secondary N) is 1. The van der Waals surface area contributed by atoms with Gasteiger partial charge in [0, 0.05) is 5.75 Å². The van der Waals surface area contributed by atoms with E-state index in [-0.39, 0.29) is 18.3 Å². The molecule has 2 aromatic rings. The third kappa shape index (κ3) is 5.66. The largest absolute Gasteiger partial charge is 0.462 e. The number of amides is 1. The third-order valence-electron chi connectivity index (χ3n) is 3.28. The molecule has 0 bridgehead atoms. The van der Waals surface area contributed by atoms with Gasteiger partial charge in [0.05, 0.1) is 35.2 Å². The molecule has 0 radical (unpaired) electrons. The van der Waals surface area contributed by atoms with Crippen LogP contribution in [-0.4, -0.2) is 24.2 Å². The molecular weight excluding hydrogens is 336 g/mol. The van der Waals surface area contributed by atoms with Gasteiger partial charge in [-0.25, -0.2) is 4.79 Å². The van der Waals surface area contributed by atoms with Gasteiger partial charge in [-0.05, 0) is 36.8 Å². The van der Waals surface area contributed by atoms with Gasteiger partial charge in [-0.1, -0.05) is 24.3 Å². The number of benzene rings is 2. The van der Waals surface area contributed by atoms with Crippen LogP contribution in [0.3, 0.4) is 0 Å². The molecule has 5 nitrogen and oxygen atoms in total. The van der Waals surface area contributed by atoms with E-state index in [9.17, 15) is 9.59 Å². The zero-order valence-electron chi connectivity index (χ0n) is 13.8. The summed E-state index contributed by atoms with van der Waals surface area (Å²) in [4.78, 5) is 24.0. The molecule has 2 aromatic carbocycles. The van der Waals surface area contributed by atoms with Crippen LogP contribution in [0, 0.1) is 11.3 Å². The summed E-state index contributed by atoms with van der Waals surface area (Å²) in [5.74, 6) is 0.287. The Morgan fingerprint density at radius 1 is 1.16 bits per heavy atom. The molecule has 128 valence electrons. The molecular formula is C19H18N2O3S. The molecule has 0 aliphatic carbocycles. The Hall–Kier alpha value is -2.78. The van der Waals surface area contributed by atoms with Gasteiger partial charge in [-0.3, -0.25) is 4.79 Å². The van der Waals surface area contributed by atoms with Crippen LogP contribution in [0.2, 0.25) is 0 Å². The van der Waals surface area contributed by atoms with Gasteiger partial charge in [0.25, 0.3) is 0 Å². The molecule has 25 heavy (non-hydrogen) atoms. The number of ether oxygens (including phenoxy) is 1. The number of anilines is 1. The van der Waals surface area contributed by atoms with Crippen molar-refractivity contribution in [2.45, 2.75) is 12.7 Å². The quantitative estimate of drug-likeness (QED) is 0.769. The number of nitriles is 1. The highest BCUT2D eigenvalue weighted by molar-refractivity contribution is 7.99. The van der Waals surface area contributed by atoms with Crippen LogP contribution in [0.1, 0.15) is 28.4 Å². The molecule has 0 aliphatic rings. The fraction of sp³-hybridized carbons (Fsp3) is 0.211. The second-order valence-corrected chi connectivity index (χ2v) is 6.10. The Bertz CT molecular complexity index is 782. The third-order valence-corrected chi connectivity index (χ3v) is 4.29. The molecule has 1 N–H and O–H groups in total. The fourth-order valence-electron chi connectivity index (χ4n) is 2.10. The lowest BCUT2D eigenvalue weighted by molar-refractivity contribution is -0.113. The van der Waals surface area contributed by atoms with Crippen molar-refractivity contribution >= 4 is 29.3 Å². The van der Waals surface area contributed by atoms with Crippen LogP contribution in [0.25, 0.3) is 0 Å². The second kappa shape index (κ2) is 9.50. The van der Waals surface area contributed by atoms with Crippen LogP contribution in [0.4, 0.5) is 5.69 Å². The molecule has 0 saturated heterocycles. The van der Waals surface area contributed by atoms with Crippen molar-refractivity contribution in [1.29, 1.82) is 5.26 Å². The predicted molar refractivity (Wildman–Crippen MR) is 98.3 cm³/mol. The minimum atomic E-state index is -0.455. The Balaban J connectivity index is 1.88. The summed E-state index contributed by atoms with van der Waals surface area (Å²) >= 11 is 1.46. The van der Waals surface area contributed by atoms with Crippen molar-refractivity contribution in [3.05, 3.63) is 65.2 Å². The van der Waals surface area contributed by atoms with Gasteiger partial charge in [-0.2, -0.15) is 5.26 Å². The molecule has 2 rings (SSSR count). The molecule has 6 heteroatoms. The summed E-state index contributed by atoms with van der Waals surface area (Å²) in [5.41, 5.74) is 2.45. The average molecular weight is 354 g/mol. The van der Waals surface area contributed by atoms with Crippen molar-refractivity contribution < 1.29 is 14.3 Å². The summed E-state index contributed by atoms with van der Waals surface area (Å²) in [6, 6.07) is 16.1. The van der Waals surface area contributed by atoms with Crippen LogP contribution in [0.15, 0.2) is 48.5 Å². The summed E-state index contributed by atoms with van der Waals surface area (Å²) in [5, 5.41) is 11.5. The van der Waals surface area contributed by atoms with Crippen LogP contribution >= 0.6 is 11.8 Å². The van der Waals surface area contributed by atoms with Crippen molar-refractivity contribution in [3.8, 4) is 6.07 Å². The van der Waals surface area contributed by atoms with Gasteiger partial charge < -0.3 is 10.1 Å². The molecule has 0 unspecified atom stereocenters. The average Bonchev–Trinajstić information content (AvgIpc) is 2.63. The molecule has 0 fully saturated rings. The lowest BCUT2D eigenvalue weighted by Gasteiger charge is -2.10. The van der Waals surface area contributed by atoms with Gasteiger partial charge >= 0.3 is 5.97 Å². The minimum absolute atomic E-state index is 0.185. The number of nitrogens with zero attached hydrogens (tertiary/aromatic N) is 1. The highest BCUT2D eigenvalue weighted by atomic mass is 32.2. The van der Waals surface area contributed by atoms with Gasteiger partial charge in [-0.15, -0.1) is 11.8 Å². The van der Waals surface area contributed by atoms with E-state index >= 15 is 0 Å². The van der Waals surface area contributed by atoms with E-state index in [2.05, 4.69) is 11.4 Å². The minimum Gasteiger partial charge on any atom is -0.462 e. The van der Waals surface area contributed by atoms with E-state index in [0.717, 1.165) is 5.56 Å². The summed E-state index contributed by atoms with van der Waals surface area (Å²) in [7, 11) is 0. The summed E-state index contributed by atoms with van der Waals surface area (Å²) < 4.78 is 4.99. The fourth-order valence-corrected chi connectivity index (χ4v) is 2.89. The second-order valence-electron chi connectivity index (χ2n) is 5.12. The summed E-state index contributed by atoms with van der Waals surface area (Å²) in [6.07, 6.45) is 0. The maximum absolute atomic E-state index is 12.1. The van der Waals surface area contributed by atoms with Crippen LogP contribution in [0.5, 0.6) is 0 Å². The molecule has 0 atom stereocenters. The normalized spacial score (nSPS) is 9.92. The van der Waals surface area contributed by atoms with E-state index in [0.29, 0.717) is 22.6 Å². The maximum atomic E-state index is 12.1. The number of esters is 1. The van der Waals surface area contributed by atoms with E-state index < -0.39 is 5.97 Å². The molecule has 0 heterocycles. The number of carbonyl (C=O) groups is 2. The van der Waals surface area contributed by atoms with E-state index in [1.165, 1.54) is 11.8 Å². The van der Waals surface area contributed by atoms with E-state index in [1.807, 2.05) is 12.1 Å². The number of thioether (sulfide) groups is 1. The molecule has 0 aromatic heterocycles. The Morgan fingerprint density at radius 3 is 2.56 bits per heavy atom. The number of carbonyl (C=O) groups excluding carboxylic acids is 2. The van der Waals surface area contributed by atoms with E-state index in [1.54, 1.807) is 43.3 Å². The van der Waals surface area contributed by atoms with Gasteiger partial charge in [0.1, 0.15) is 0 Å². The van der Waals surface area contributed by atoms with Gasteiger partial charge in [0.2, 0.25) is 5.91 Å². The smallest absolute Gasteiger partial charge is 0.340 e. The zero-order chi connectivity index (χ0) is 18.1. The molecule has 1 amide bonds. The maximum Gasteiger partial charge on any atom is 0.340 e. The first-order valence-electron chi connectivity index (χ1n) is 7.76. The Kier molecular flexibility index (Phi) is 7.05. The number of hydrogen-bond donors (Lipinski definition) is 1. The standard InChI is InChI=1S/C19H18N2O3S/c1-2-24-19(23)16-5-3-4-6-17(16)21-18(22)13-25-12-15-9-7-14(11-20)8-10-15/h3-10H,2,12-13H2,1H3,(H,21,22). The molecule has 0 aliphatic heterocycles. The van der Waals surface area contributed by atoms with Crippen molar-refractivity contribution in [2.75, 3.05) is 17.7 Å². The lowest BCUT2D eigenvalue weighted by atomic mass is 10.2. The van der Waals surface area contributed by atoms with Crippen molar-refractivity contribution in [2.24, 2.45) is 0 Å². The number of hydrogen-bond acceptors (Lipinski definition) is 5. The van der Waals surface area contributed by atoms with Crippen molar-refractivity contribution in [1.82, 2.24) is 0 Å². The van der Waals surface area contributed by atoms with Gasteiger partial charge in [0.15, 0.2) is 0 Å². The molecule has 0 saturated carbocycles. The Labute approximate surface area is 151 Å². The van der Waals surface area contributed by atoms with Crippen LogP contribution < -0.4 is 5.32 Å². The Morgan fingerprint density at radius 2 is 1.88 bits per heavy atom. The zero-order valence-corrected chi connectivity index (χ0v) is 14.6.